The van der Waals surface area contributed by atoms with E-state index in [0.29, 0.717) is 5.57 Å². The quantitative estimate of drug-likeness (QED) is 0.473. The molecule has 0 N–H and O–H groups in total. The highest BCUT2D eigenvalue weighted by Crippen LogP contribution is 2.23. The summed E-state index contributed by atoms with van der Waals surface area (Å²) >= 11 is 0. The molecule has 0 aromatic carbocycles. The van der Waals surface area contributed by atoms with Crippen molar-refractivity contribution >= 4 is 5.78 Å². The van der Waals surface area contributed by atoms with Crippen LogP contribution in [-0.2, 0) is 4.79 Å². The third-order valence-electron chi connectivity index (χ3n) is 1.20. The summed E-state index contributed by atoms with van der Waals surface area (Å²) < 4.78 is 25.6. The van der Waals surface area contributed by atoms with Crippen molar-refractivity contribution < 1.29 is 13.6 Å². The molecule has 0 fully saturated rings. The van der Waals surface area contributed by atoms with Crippen LogP contribution in [0.2, 0.25) is 0 Å². The number of rotatable bonds is 4. The molecular weight excluding hydrogens is 162 g/mol. The minimum absolute atomic E-state index is 0.304. The fourth-order valence-electron chi connectivity index (χ4n) is 0.739. The Kier molecular flexibility index (Phi) is 3.80. The van der Waals surface area contributed by atoms with Crippen molar-refractivity contribution in [1.82, 2.24) is 0 Å². The van der Waals surface area contributed by atoms with Crippen LogP contribution in [0.1, 0.15) is 20.3 Å². The summed E-state index contributed by atoms with van der Waals surface area (Å²) in [7, 11) is 0. The number of allylic oxidation sites excluding steroid dienone is 3. The van der Waals surface area contributed by atoms with E-state index in [-0.39, 0.29) is 0 Å². The summed E-state index contributed by atoms with van der Waals surface area (Å²) in [6.45, 7) is 6.32. The lowest BCUT2D eigenvalue weighted by Gasteiger charge is -2.11. The van der Waals surface area contributed by atoms with Gasteiger partial charge in [0.2, 0.25) is 5.78 Å². The van der Waals surface area contributed by atoms with E-state index in [1.807, 2.05) is 0 Å². The highest BCUT2D eigenvalue weighted by Gasteiger charge is 2.35. The zero-order chi connectivity index (χ0) is 9.78. The molecule has 3 heteroatoms. The number of carbonyl (C=O) groups is 1. The Balaban J connectivity index is 4.38. The molecule has 12 heavy (non-hydrogen) atoms. The van der Waals surface area contributed by atoms with Gasteiger partial charge < -0.3 is 0 Å². The highest BCUT2D eigenvalue weighted by molar-refractivity contribution is 5.95. The Hall–Kier alpha value is -0.990. The second kappa shape index (κ2) is 4.14. The number of carbonyl (C=O) groups excluding carboxylic acids is 1. The van der Waals surface area contributed by atoms with Gasteiger partial charge in [0.1, 0.15) is 0 Å². The van der Waals surface area contributed by atoms with Crippen LogP contribution >= 0.6 is 0 Å². The lowest BCUT2D eigenvalue weighted by molar-refractivity contribution is -0.137. The molecule has 0 radical (unpaired) electrons. The van der Waals surface area contributed by atoms with Gasteiger partial charge in [-0.2, -0.15) is 8.78 Å². The average molecular weight is 174 g/mol. The standard InChI is InChI=1S/C9H12F2O/c1-4-5-8(12)9(10,11)6-7(2)3/h4-5H,2,6H2,1,3H3/b5-4+. The minimum atomic E-state index is -3.29. The van der Waals surface area contributed by atoms with Crippen LogP contribution in [0.3, 0.4) is 0 Å². The van der Waals surface area contributed by atoms with Gasteiger partial charge in [-0.3, -0.25) is 4.79 Å². The van der Waals surface area contributed by atoms with E-state index in [9.17, 15) is 13.6 Å². The molecule has 0 aliphatic carbocycles. The maximum atomic E-state index is 12.8. The number of ketones is 1. The van der Waals surface area contributed by atoms with Crippen LogP contribution in [0.15, 0.2) is 24.3 Å². The molecule has 0 aliphatic rings. The van der Waals surface area contributed by atoms with Crippen LogP contribution in [0.4, 0.5) is 8.78 Å². The van der Waals surface area contributed by atoms with Gasteiger partial charge >= 0.3 is 5.92 Å². The van der Waals surface area contributed by atoms with Gasteiger partial charge in [0, 0.05) is 6.42 Å². The second-order valence-corrected chi connectivity index (χ2v) is 2.70. The van der Waals surface area contributed by atoms with Gasteiger partial charge in [0.25, 0.3) is 0 Å². The molecule has 0 rings (SSSR count). The maximum Gasteiger partial charge on any atom is 0.312 e. The largest absolute Gasteiger partial charge is 0.312 e. The van der Waals surface area contributed by atoms with Gasteiger partial charge in [0.05, 0.1) is 0 Å². The summed E-state index contributed by atoms with van der Waals surface area (Å²) in [4.78, 5) is 10.7. The van der Waals surface area contributed by atoms with E-state index < -0.39 is 18.1 Å². The second-order valence-electron chi connectivity index (χ2n) is 2.70. The van der Waals surface area contributed by atoms with E-state index in [4.69, 9.17) is 0 Å². The van der Waals surface area contributed by atoms with E-state index in [2.05, 4.69) is 6.58 Å². The fourth-order valence-corrected chi connectivity index (χ4v) is 0.739. The monoisotopic (exact) mass is 174 g/mol. The normalized spacial score (nSPS) is 12.0. The van der Waals surface area contributed by atoms with E-state index in [1.54, 1.807) is 0 Å². The number of hydrogen-bond acceptors (Lipinski definition) is 1. The summed E-state index contributed by atoms with van der Waals surface area (Å²) in [5.74, 6) is -4.45. The molecule has 0 spiro atoms. The van der Waals surface area contributed by atoms with Crippen molar-refractivity contribution in [3.05, 3.63) is 24.3 Å². The minimum Gasteiger partial charge on any atom is -0.288 e. The molecule has 0 aromatic heterocycles. The number of halogens is 2. The lowest BCUT2D eigenvalue weighted by Crippen LogP contribution is -2.26. The Labute approximate surface area is 70.8 Å². The van der Waals surface area contributed by atoms with E-state index in [1.165, 1.54) is 19.9 Å². The summed E-state index contributed by atoms with van der Waals surface area (Å²) in [5, 5.41) is 0. The summed E-state index contributed by atoms with van der Waals surface area (Å²) in [5.41, 5.74) is 0.304. The van der Waals surface area contributed by atoms with Crippen LogP contribution in [0.25, 0.3) is 0 Å². The van der Waals surface area contributed by atoms with E-state index >= 15 is 0 Å². The zero-order valence-electron chi connectivity index (χ0n) is 7.23. The Bertz CT molecular complexity index is 217. The predicted octanol–water partition coefficient (Wildman–Crippen LogP) is 2.73. The van der Waals surface area contributed by atoms with Crippen molar-refractivity contribution in [2.75, 3.05) is 0 Å². The van der Waals surface area contributed by atoms with E-state index in [0.717, 1.165) is 6.08 Å². The Morgan fingerprint density at radius 3 is 2.42 bits per heavy atom. The summed E-state index contributed by atoms with van der Waals surface area (Å²) in [6.07, 6.45) is 1.60. The van der Waals surface area contributed by atoms with Crippen LogP contribution < -0.4 is 0 Å². The van der Waals surface area contributed by atoms with Crippen molar-refractivity contribution in [2.24, 2.45) is 0 Å². The lowest BCUT2D eigenvalue weighted by atomic mass is 10.1. The van der Waals surface area contributed by atoms with Crippen molar-refractivity contribution in [2.45, 2.75) is 26.2 Å². The SMILES string of the molecule is C=C(C)CC(F)(F)C(=O)/C=C/C. The number of hydrogen-bond donors (Lipinski definition) is 0. The summed E-state index contributed by atoms with van der Waals surface area (Å²) in [6, 6.07) is 0. The third kappa shape index (κ3) is 3.42. The zero-order valence-corrected chi connectivity index (χ0v) is 7.23. The smallest absolute Gasteiger partial charge is 0.288 e. The molecule has 0 amide bonds. The third-order valence-corrected chi connectivity index (χ3v) is 1.20. The molecule has 0 saturated carbocycles. The molecule has 68 valence electrons. The molecule has 0 atom stereocenters. The molecule has 0 aliphatic heterocycles. The van der Waals surface area contributed by atoms with Crippen molar-refractivity contribution in [3.8, 4) is 0 Å². The van der Waals surface area contributed by atoms with Gasteiger partial charge in [-0.15, -0.1) is 0 Å². The van der Waals surface area contributed by atoms with Gasteiger partial charge in [-0.1, -0.05) is 18.2 Å². The molecule has 0 unspecified atom stereocenters. The fraction of sp³-hybridized carbons (Fsp3) is 0.444. The first kappa shape index (κ1) is 11.0. The van der Waals surface area contributed by atoms with Gasteiger partial charge in [-0.05, 0) is 19.9 Å². The van der Waals surface area contributed by atoms with Crippen LogP contribution in [-0.4, -0.2) is 11.7 Å². The maximum absolute atomic E-state index is 12.8. The van der Waals surface area contributed by atoms with Crippen molar-refractivity contribution in [1.29, 1.82) is 0 Å². The molecule has 0 heterocycles. The average Bonchev–Trinajstić information content (AvgIpc) is 1.85. The highest BCUT2D eigenvalue weighted by atomic mass is 19.3. The molecule has 0 aromatic rings. The first-order valence-electron chi connectivity index (χ1n) is 3.59. The topological polar surface area (TPSA) is 17.1 Å². The number of alkyl halides is 2. The van der Waals surface area contributed by atoms with Crippen LogP contribution in [0, 0.1) is 0 Å². The van der Waals surface area contributed by atoms with Gasteiger partial charge in [0.15, 0.2) is 0 Å². The first-order chi connectivity index (χ1) is 5.40. The predicted molar refractivity (Wildman–Crippen MR) is 44.2 cm³/mol. The molecule has 1 nitrogen and oxygen atoms in total. The van der Waals surface area contributed by atoms with Gasteiger partial charge in [-0.25, -0.2) is 0 Å². The Morgan fingerprint density at radius 2 is 2.08 bits per heavy atom. The Morgan fingerprint density at radius 1 is 1.58 bits per heavy atom. The molecule has 0 bridgehead atoms. The van der Waals surface area contributed by atoms with Crippen LogP contribution in [0.5, 0.6) is 0 Å². The molecule has 0 saturated heterocycles. The first-order valence-corrected chi connectivity index (χ1v) is 3.59. The van der Waals surface area contributed by atoms with Crippen molar-refractivity contribution in [3.63, 3.8) is 0 Å². The molecular formula is C9H12F2O.